The molecule has 0 bridgehead atoms. The summed E-state index contributed by atoms with van der Waals surface area (Å²) in [6.45, 7) is 1.17. The smallest absolute Gasteiger partial charge is 0.165 e. The Bertz CT molecular complexity index is 561. The van der Waals surface area contributed by atoms with Crippen LogP contribution in [0.15, 0.2) is 17.0 Å². The lowest BCUT2D eigenvalue weighted by Crippen LogP contribution is -2.27. The number of rotatable bonds is 4. The van der Waals surface area contributed by atoms with Gasteiger partial charge in [-0.05, 0) is 45.0 Å². The molecule has 3 atom stereocenters. The third-order valence-corrected chi connectivity index (χ3v) is 6.33. The second-order valence-electron chi connectivity index (χ2n) is 5.93. The lowest BCUT2D eigenvalue weighted by molar-refractivity contribution is 0.283. The van der Waals surface area contributed by atoms with Crippen molar-refractivity contribution in [3.63, 3.8) is 0 Å². The molecule has 0 saturated carbocycles. The van der Waals surface area contributed by atoms with Gasteiger partial charge in [0.2, 0.25) is 0 Å². The number of benzene rings is 1. The third-order valence-electron chi connectivity index (χ3n) is 4.78. The van der Waals surface area contributed by atoms with Crippen LogP contribution in [0.1, 0.15) is 30.7 Å². The fourth-order valence-electron chi connectivity index (χ4n) is 3.67. The normalized spacial score (nSPS) is 28.6. The molecule has 0 N–H and O–H groups in total. The number of likely N-dealkylation sites (tertiary alicyclic amines) is 1. The number of methoxy groups -OCH3 is 2. The van der Waals surface area contributed by atoms with Gasteiger partial charge in [0, 0.05) is 28.2 Å². The molecule has 2 aliphatic rings. The minimum atomic E-state index is -0.915. The molecular weight excluding hydrogens is 286 g/mol. The van der Waals surface area contributed by atoms with Crippen LogP contribution in [0.5, 0.6) is 11.5 Å². The maximum Gasteiger partial charge on any atom is 0.165 e. The molecule has 2 heterocycles. The molecule has 116 valence electrons. The van der Waals surface area contributed by atoms with Crippen molar-refractivity contribution in [1.29, 1.82) is 0 Å². The first-order valence-corrected chi connectivity index (χ1v) is 8.81. The summed E-state index contributed by atoms with van der Waals surface area (Å²) in [5.41, 5.74) is 1.11. The van der Waals surface area contributed by atoms with Gasteiger partial charge in [-0.15, -0.1) is 0 Å². The molecular formula is C16H23NO3S. The minimum absolute atomic E-state index is 0.302. The molecule has 0 amide bonds. The molecule has 2 unspecified atom stereocenters. The van der Waals surface area contributed by atoms with Gasteiger partial charge in [-0.1, -0.05) is 0 Å². The minimum Gasteiger partial charge on any atom is -0.493 e. The summed E-state index contributed by atoms with van der Waals surface area (Å²) in [5, 5.41) is 0. The lowest BCUT2D eigenvalue weighted by atomic mass is 9.92. The fraction of sp³-hybridized carbons (Fsp3) is 0.625. The van der Waals surface area contributed by atoms with Gasteiger partial charge in [0.15, 0.2) is 11.5 Å². The van der Waals surface area contributed by atoms with Crippen LogP contribution >= 0.6 is 0 Å². The maximum absolute atomic E-state index is 12.4. The van der Waals surface area contributed by atoms with Crippen molar-refractivity contribution in [2.45, 2.75) is 36.1 Å². The highest BCUT2D eigenvalue weighted by Crippen LogP contribution is 2.46. The average Bonchev–Trinajstić information content (AvgIpc) is 3.03. The largest absolute Gasteiger partial charge is 0.493 e. The molecule has 0 aromatic heterocycles. The summed E-state index contributed by atoms with van der Waals surface area (Å²) in [6, 6.07) is 4.39. The van der Waals surface area contributed by atoms with Gasteiger partial charge in [-0.25, -0.2) is 0 Å². The number of fused-ring (bicyclic) bond motifs is 1. The van der Waals surface area contributed by atoms with Gasteiger partial charge in [0.25, 0.3) is 0 Å². The van der Waals surface area contributed by atoms with E-state index in [1.54, 1.807) is 14.2 Å². The predicted octanol–water partition coefficient (Wildman–Crippen LogP) is 2.39. The third kappa shape index (κ3) is 2.57. The van der Waals surface area contributed by atoms with E-state index in [0.717, 1.165) is 28.4 Å². The van der Waals surface area contributed by atoms with Crippen molar-refractivity contribution in [3.8, 4) is 11.5 Å². The van der Waals surface area contributed by atoms with E-state index in [2.05, 4.69) is 11.9 Å². The van der Waals surface area contributed by atoms with Crippen LogP contribution in [-0.4, -0.2) is 48.7 Å². The Balaban J connectivity index is 1.95. The second kappa shape index (κ2) is 5.97. The van der Waals surface area contributed by atoms with E-state index in [-0.39, 0.29) is 0 Å². The summed E-state index contributed by atoms with van der Waals surface area (Å²) in [5.74, 6) is 2.52. The van der Waals surface area contributed by atoms with Gasteiger partial charge < -0.3 is 14.4 Å². The summed E-state index contributed by atoms with van der Waals surface area (Å²) in [6.07, 6.45) is 3.55. The Labute approximate surface area is 128 Å². The SMILES string of the molecule is COc1ccc2c(c1OC)C(C[C@H]1CCCN1C)CS2=O. The molecule has 1 aromatic rings. The van der Waals surface area contributed by atoms with Gasteiger partial charge in [-0.2, -0.15) is 0 Å². The number of hydrogen-bond acceptors (Lipinski definition) is 4. The Morgan fingerprint density at radius 2 is 2.14 bits per heavy atom. The van der Waals surface area contributed by atoms with Crippen LogP contribution in [0.3, 0.4) is 0 Å². The highest BCUT2D eigenvalue weighted by atomic mass is 32.2. The first-order valence-electron chi connectivity index (χ1n) is 7.49. The number of hydrogen-bond donors (Lipinski definition) is 0. The maximum atomic E-state index is 12.4. The molecule has 0 aliphatic carbocycles. The lowest BCUT2D eigenvalue weighted by Gasteiger charge is -2.24. The molecule has 0 radical (unpaired) electrons. The molecule has 21 heavy (non-hydrogen) atoms. The molecule has 1 saturated heterocycles. The van der Waals surface area contributed by atoms with Crippen LogP contribution in [0.2, 0.25) is 0 Å². The molecule has 3 rings (SSSR count). The standard InChI is InChI=1S/C16H23NO3S/c1-17-8-4-5-12(17)9-11-10-21(18)14-7-6-13(19-2)16(20-3)15(11)14/h6-7,11-12H,4-5,8-10H2,1-3H3/t11?,12-,21?/m1/s1. The Hall–Kier alpha value is -1.07. The van der Waals surface area contributed by atoms with E-state index in [9.17, 15) is 4.21 Å². The van der Waals surface area contributed by atoms with E-state index >= 15 is 0 Å². The van der Waals surface area contributed by atoms with Crippen LogP contribution < -0.4 is 9.47 Å². The van der Waals surface area contributed by atoms with Crippen molar-refractivity contribution in [3.05, 3.63) is 17.7 Å². The van der Waals surface area contributed by atoms with Crippen LogP contribution in [0.25, 0.3) is 0 Å². The van der Waals surface area contributed by atoms with Gasteiger partial charge in [0.1, 0.15) is 0 Å². The highest BCUT2D eigenvalue weighted by Gasteiger charge is 2.36. The summed E-state index contributed by atoms with van der Waals surface area (Å²) in [4.78, 5) is 3.35. The number of ether oxygens (including phenoxy) is 2. The summed E-state index contributed by atoms with van der Waals surface area (Å²) in [7, 11) is 4.59. The van der Waals surface area contributed by atoms with E-state index in [4.69, 9.17) is 9.47 Å². The Morgan fingerprint density at radius 3 is 2.76 bits per heavy atom. The average molecular weight is 309 g/mol. The van der Waals surface area contributed by atoms with E-state index in [1.807, 2.05) is 12.1 Å². The van der Waals surface area contributed by atoms with E-state index < -0.39 is 10.8 Å². The van der Waals surface area contributed by atoms with Crippen LogP contribution in [-0.2, 0) is 10.8 Å². The molecule has 1 fully saturated rings. The van der Waals surface area contributed by atoms with Gasteiger partial charge in [0.05, 0.1) is 25.0 Å². The zero-order chi connectivity index (χ0) is 15.0. The summed E-state index contributed by atoms with van der Waals surface area (Å²) >= 11 is 0. The monoisotopic (exact) mass is 309 g/mol. The second-order valence-corrected chi connectivity index (χ2v) is 7.40. The number of nitrogens with zero attached hydrogens (tertiary/aromatic N) is 1. The molecule has 2 aliphatic heterocycles. The molecule has 5 heteroatoms. The van der Waals surface area contributed by atoms with Crippen molar-refractivity contribution in [1.82, 2.24) is 4.90 Å². The van der Waals surface area contributed by atoms with Gasteiger partial charge >= 0.3 is 0 Å². The molecule has 1 aromatic carbocycles. The Kier molecular flexibility index (Phi) is 4.22. The molecule has 0 spiro atoms. The Morgan fingerprint density at radius 1 is 1.33 bits per heavy atom. The van der Waals surface area contributed by atoms with Crippen LogP contribution in [0.4, 0.5) is 0 Å². The summed E-state index contributed by atoms with van der Waals surface area (Å²) < 4.78 is 23.4. The first kappa shape index (κ1) is 14.9. The van der Waals surface area contributed by atoms with E-state index in [0.29, 0.717) is 17.7 Å². The fourth-order valence-corrected chi connectivity index (χ4v) is 5.24. The predicted molar refractivity (Wildman–Crippen MR) is 83.8 cm³/mol. The first-order chi connectivity index (χ1) is 10.2. The van der Waals surface area contributed by atoms with E-state index in [1.165, 1.54) is 19.4 Å². The van der Waals surface area contributed by atoms with Crippen LogP contribution in [0, 0.1) is 0 Å². The van der Waals surface area contributed by atoms with Crippen molar-refractivity contribution in [2.24, 2.45) is 0 Å². The topological polar surface area (TPSA) is 38.8 Å². The highest BCUT2D eigenvalue weighted by molar-refractivity contribution is 7.85. The zero-order valence-corrected chi connectivity index (χ0v) is 13.7. The van der Waals surface area contributed by atoms with Gasteiger partial charge in [-0.3, -0.25) is 4.21 Å². The van der Waals surface area contributed by atoms with Crippen molar-refractivity contribution in [2.75, 3.05) is 33.6 Å². The quantitative estimate of drug-likeness (QED) is 0.856. The van der Waals surface area contributed by atoms with Crippen molar-refractivity contribution < 1.29 is 13.7 Å². The van der Waals surface area contributed by atoms with Crippen molar-refractivity contribution >= 4 is 10.8 Å². The zero-order valence-electron chi connectivity index (χ0n) is 12.9. The molecule has 4 nitrogen and oxygen atoms in total.